The summed E-state index contributed by atoms with van der Waals surface area (Å²) in [5, 5.41) is 5.58. The van der Waals surface area contributed by atoms with Crippen LogP contribution < -0.4 is 31.4 Å². The molecule has 0 radical (unpaired) electrons. The van der Waals surface area contributed by atoms with Crippen molar-refractivity contribution < 1.29 is 127 Å². The van der Waals surface area contributed by atoms with Crippen LogP contribution in [-0.4, -0.2) is 176 Å². The van der Waals surface area contributed by atoms with Gasteiger partial charge in [-0.2, -0.15) is 18.2 Å². The number of nitrogens with zero attached hydrogens (tertiary/aromatic N) is 2. The molecule has 77 heavy (non-hydrogen) atoms. The lowest BCUT2D eigenvalue weighted by molar-refractivity contribution is -0.894. The smallest absolute Gasteiger partial charge is 0.471 e. The first kappa shape index (κ1) is 66.5. The number of ether oxygens (including phenoxy) is 9. The van der Waals surface area contributed by atoms with Crippen LogP contribution in [0.1, 0.15) is 81.9 Å². The van der Waals surface area contributed by atoms with Crippen LogP contribution in [0.5, 0.6) is 0 Å². The van der Waals surface area contributed by atoms with E-state index in [1.165, 1.54) is 25.0 Å². The highest BCUT2D eigenvalue weighted by molar-refractivity contribution is 7.46. The molecule has 0 aromatic carbocycles. The van der Waals surface area contributed by atoms with Crippen LogP contribution in [0.2, 0.25) is 0 Å². The monoisotopic (exact) mass is 1130 g/mol. The molecule has 0 bridgehead atoms. The first-order chi connectivity index (χ1) is 35.7. The van der Waals surface area contributed by atoms with Gasteiger partial charge in [-0.25, -0.2) is 9.59 Å². The predicted molar refractivity (Wildman–Crippen MR) is 244 cm³/mol. The van der Waals surface area contributed by atoms with Gasteiger partial charge in [0, 0.05) is 54.7 Å². The Morgan fingerprint density at radius 1 is 0.870 bits per heavy atom. The zero-order valence-electron chi connectivity index (χ0n) is 43.6. The first-order valence-corrected chi connectivity index (χ1v) is 24.6. The van der Waals surface area contributed by atoms with Gasteiger partial charge in [-0.05, 0) is 26.8 Å². The molecule has 34 heteroatoms. The number of nitrogens with one attached hydrogen (secondary N) is 4. The van der Waals surface area contributed by atoms with Crippen LogP contribution in [0.15, 0.2) is 17.1 Å². The number of phosphoric ester groups is 1. The minimum atomic E-state index is -6.25. The number of halogens is 3. The van der Waals surface area contributed by atoms with E-state index in [1.807, 2.05) is 0 Å². The zero-order valence-corrected chi connectivity index (χ0v) is 44.5. The highest BCUT2D eigenvalue weighted by Gasteiger charge is 2.61. The number of phosphoric acid groups is 1. The van der Waals surface area contributed by atoms with Gasteiger partial charge < -0.3 is 72.9 Å². The van der Waals surface area contributed by atoms with E-state index in [2.05, 4.69) is 36.4 Å². The Morgan fingerprint density at radius 3 is 1.91 bits per heavy atom. The molecule has 4 N–H and O–H groups in total. The van der Waals surface area contributed by atoms with E-state index >= 15 is 0 Å². The summed E-state index contributed by atoms with van der Waals surface area (Å²) in [4.78, 5) is 156. The van der Waals surface area contributed by atoms with Gasteiger partial charge in [-0.15, -0.1) is 0 Å². The summed E-state index contributed by atoms with van der Waals surface area (Å²) < 4.78 is 112. The quantitative estimate of drug-likeness (QED) is 0.0503. The summed E-state index contributed by atoms with van der Waals surface area (Å²) in [7, 11) is -5.60. The SMILES string of the molecule is CC[NH+](CC)CC.COC(=O)[C@]1(OP(=O)([O-])OC[C@H]2O[C@@H](n3ccc(NC(C)=O)nc3=O)[C@H](OC(C)=O)[C@@H]2OC(C)=O)C[C@H](OC(C)=O)[C@@H](NC(=O)CNC(=O)C(F)(F)F)[C@H]([C@H](OC(C)=O)[C@@H](COC(C)=O)OC(C)=O)O1. The van der Waals surface area contributed by atoms with Crippen molar-refractivity contribution in [2.75, 3.05) is 51.8 Å². The lowest BCUT2D eigenvalue weighted by Gasteiger charge is -2.49. The fourth-order valence-corrected chi connectivity index (χ4v) is 8.39. The maximum atomic E-state index is 14.0. The summed E-state index contributed by atoms with van der Waals surface area (Å²) in [6.07, 6.45) is -22.0. The van der Waals surface area contributed by atoms with E-state index in [0.717, 1.165) is 60.7 Å². The number of anilines is 1. The van der Waals surface area contributed by atoms with E-state index in [1.54, 1.807) is 4.90 Å². The second-order valence-electron chi connectivity index (χ2n) is 16.5. The molecule has 1 aromatic rings. The van der Waals surface area contributed by atoms with Crippen molar-refractivity contribution in [2.45, 2.75) is 143 Å². The largest absolute Gasteiger partial charge is 0.756 e. The molecule has 1 aromatic heterocycles. The summed E-state index contributed by atoms with van der Waals surface area (Å²) in [6.45, 7) is 12.8. The Kier molecular flexibility index (Phi) is 25.7. The number of carbonyl (C=O) groups is 10. The molecule has 2 aliphatic rings. The van der Waals surface area contributed by atoms with Crippen molar-refractivity contribution in [3.63, 3.8) is 0 Å². The zero-order chi connectivity index (χ0) is 58.7. The normalized spacial score (nSPS) is 23.4. The fourth-order valence-electron chi connectivity index (χ4n) is 7.45. The van der Waals surface area contributed by atoms with Crippen molar-refractivity contribution >= 4 is 73.1 Å². The molecule has 0 spiro atoms. The van der Waals surface area contributed by atoms with E-state index in [4.69, 9.17) is 51.7 Å². The molecular formula is C43H62F3N6O24P. The lowest BCUT2D eigenvalue weighted by atomic mass is 9.88. The molecule has 434 valence electrons. The van der Waals surface area contributed by atoms with Gasteiger partial charge in [-0.1, -0.05) is 0 Å². The molecule has 2 aliphatic heterocycles. The summed E-state index contributed by atoms with van der Waals surface area (Å²) in [5.74, 6) is -17.2. The number of rotatable bonds is 23. The van der Waals surface area contributed by atoms with Crippen molar-refractivity contribution in [3.05, 3.63) is 22.7 Å². The molecule has 0 aliphatic carbocycles. The third-order valence-corrected chi connectivity index (χ3v) is 11.6. The summed E-state index contributed by atoms with van der Waals surface area (Å²) in [6, 6.07) is -1.02. The average molecular weight is 1130 g/mol. The Bertz CT molecular complexity index is 2400. The van der Waals surface area contributed by atoms with Crippen LogP contribution in [0.3, 0.4) is 0 Å². The van der Waals surface area contributed by atoms with Crippen molar-refractivity contribution in [1.82, 2.24) is 20.2 Å². The van der Waals surface area contributed by atoms with Gasteiger partial charge in [0.25, 0.3) is 13.6 Å². The number of aromatic nitrogens is 2. The predicted octanol–water partition coefficient (Wildman–Crippen LogP) is -2.43. The van der Waals surface area contributed by atoms with Gasteiger partial charge in [-0.3, -0.25) is 56.8 Å². The van der Waals surface area contributed by atoms with Gasteiger partial charge in [0.05, 0.1) is 52.4 Å². The maximum absolute atomic E-state index is 14.0. The molecule has 1 unspecified atom stereocenters. The standard InChI is InChI=1S/C37H47F3N5O24P.C6H15N/c1-15(46)42-25-9-10-45(35(56)43-25)32-31(66-21(7)52)29(65-20(6)51)24(67-32)14-61-70(57,58)69-36(34(55)59-8)11-22(62-17(3)48)27(44-26(53)12-41-33(54)37(38,39)40)30(68-36)28(64-19(5)50)23(63-18(4)49)13-60-16(2)47;1-4-7(5-2)6-3/h9-10,22-24,27-32H,11-14H2,1-8H3,(H,41,54)(H,44,53)(H,57,58)(H,42,43,46,56);4-6H2,1-3H3/t22-,23+,24+,27+,28+,29+,30+,31+,32+,36+;/m0./s1. The van der Waals surface area contributed by atoms with E-state index < -0.39 is 166 Å². The summed E-state index contributed by atoms with van der Waals surface area (Å²) in [5.41, 5.74) is -1.14. The first-order valence-electron chi connectivity index (χ1n) is 23.1. The fraction of sp³-hybridized carbons (Fsp3) is 0.674. The van der Waals surface area contributed by atoms with Gasteiger partial charge in [0.1, 0.15) is 30.7 Å². The number of carbonyl (C=O) groups excluding carboxylic acids is 10. The van der Waals surface area contributed by atoms with Crippen LogP contribution in [0.25, 0.3) is 0 Å². The number of hydrogen-bond acceptors (Lipinski definition) is 25. The third kappa shape index (κ3) is 21.0. The molecule has 11 atom stereocenters. The number of amides is 3. The molecule has 2 fully saturated rings. The van der Waals surface area contributed by atoms with Crippen molar-refractivity contribution in [3.8, 4) is 0 Å². The van der Waals surface area contributed by atoms with Gasteiger partial charge in [0.15, 0.2) is 30.6 Å². The van der Waals surface area contributed by atoms with Crippen LogP contribution in [-0.2, 0) is 104 Å². The second kappa shape index (κ2) is 29.8. The van der Waals surface area contributed by atoms with Crippen LogP contribution >= 0.6 is 7.82 Å². The van der Waals surface area contributed by atoms with Crippen LogP contribution in [0, 0.1) is 0 Å². The van der Waals surface area contributed by atoms with Gasteiger partial charge in [0.2, 0.25) is 11.8 Å². The average Bonchev–Trinajstić information content (AvgIpc) is 3.62. The number of alkyl halides is 3. The molecule has 3 heterocycles. The Hall–Kier alpha value is -6.64. The molecule has 2 saturated heterocycles. The lowest BCUT2D eigenvalue weighted by Crippen LogP contribution is -3.11. The van der Waals surface area contributed by atoms with Gasteiger partial charge >= 0.3 is 59.6 Å². The Morgan fingerprint density at radius 2 is 1.44 bits per heavy atom. The van der Waals surface area contributed by atoms with Crippen LogP contribution in [0.4, 0.5) is 19.0 Å². The second-order valence-corrected chi connectivity index (χ2v) is 17.9. The number of hydrogen-bond donors (Lipinski definition) is 4. The number of methoxy groups -OCH3 is 1. The minimum absolute atomic E-state index is 0.229. The third-order valence-electron chi connectivity index (χ3n) is 10.6. The molecular weight excluding hydrogens is 1070 g/mol. The minimum Gasteiger partial charge on any atom is -0.756 e. The Labute approximate surface area is 437 Å². The number of esters is 7. The molecule has 30 nitrogen and oxygen atoms in total. The number of quaternary nitrogens is 1. The molecule has 0 saturated carbocycles. The molecule has 3 rings (SSSR count). The van der Waals surface area contributed by atoms with Crippen molar-refractivity contribution in [2.24, 2.45) is 0 Å². The van der Waals surface area contributed by atoms with E-state index in [-0.39, 0.29) is 5.82 Å². The highest BCUT2D eigenvalue weighted by atomic mass is 31.2. The summed E-state index contributed by atoms with van der Waals surface area (Å²) >= 11 is 0. The highest BCUT2D eigenvalue weighted by Crippen LogP contribution is 2.50. The molecule has 3 amide bonds. The van der Waals surface area contributed by atoms with E-state index in [0.29, 0.717) is 11.7 Å². The van der Waals surface area contributed by atoms with Crippen molar-refractivity contribution in [1.29, 1.82) is 0 Å². The topological polar surface area (TPSA) is 388 Å². The van der Waals surface area contributed by atoms with E-state index in [9.17, 15) is 75.4 Å². The Balaban J connectivity index is 0.00000270. The maximum Gasteiger partial charge on any atom is 0.471 e.